The predicted molar refractivity (Wildman–Crippen MR) is 74.5 cm³/mol. The zero-order valence-corrected chi connectivity index (χ0v) is 11.7. The summed E-state index contributed by atoms with van der Waals surface area (Å²) in [5.41, 5.74) is 1.29. The minimum Gasteiger partial charge on any atom is -0.383 e. The van der Waals surface area contributed by atoms with Crippen molar-refractivity contribution in [3.8, 4) is 0 Å². The number of methoxy groups -OCH3 is 1. The molecule has 4 heteroatoms. The Morgan fingerprint density at radius 2 is 2.11 bits per heavy atom. The second-order valence-corrected chi connectivity index (χ2v) is 4.66. The first-order chi connectivity index (χ1) is 8.76. The van der Waals surface area contributed by atoms with Crippen LogP contribution in [0, 0.1) is 0 Å². The van der Waals surface area contributed by atoms with Gasteiger partial charge in [-0.15, -0.1) is 0 Å². The monoisotopic (exact) mass is 251 g/mol. The Morgan fingerprint density at radius 1 is 1.39 bits per heavy atom. The van der Waals surface area contributed by atoms with Crippen LogP contribution in [0.2, 0.25) is 0 Å². The third-order valence-electron chi connectivity index (χ3n) is 2.78. The minimum atomic E-state index is 0.391. The lowest BCUT2D eigenvalue weighted by Gasteiger charge is -2.24. The van der Waals surface area contributed by atoms with Gasteiger partial charge in [0.1, 0.15) is 0 Å². The van der Waals surface area contributed by atoms with Crippen molar-refractivity contribution in [1.82, 2.24) is 15.2 Å². The molecule has 0 spiro atoms. The van der Waals surface area contributed by atoms with Gasteiger partial charge < -0.3 is 15.0 Å². The number of hydrogen-bond donors (Lipinski definition) is 1. The SMILES string of the molecule is CCCNC(COC)CN(C)Cc1ccncc1. The van der Waals surface area contributed by atoms with Crippen LogP contribution >= 0.6 is 0 Å². The van der Waals surface area contributed by atoms with Gasteiger partial charge in [0.25, 0.3) is 0 Å². The van der Waals surface area contributed by atoms with E-state index in [1.807, 2.05) is 12.4 Å². The highest BCUT2D eigenvalue weighted by Crippen LogP contribution is 2.02. The van der Waals surface area contributed by atoms with Crippen molar-refractivity contribution < 1.29 is 4.74 Å². The van der Waals surface area contributed by atoms with Crippen molar-refractivity contribution in [3.63, 3.8) is 0 Å². The van der Waals surface area contributed by atoms with E-state index in [0.717, 1.165) is 32.7 Å². The summed E-state index contributed by atoms with van der Waals surface area (Å²) in [5.74, 6) is 0. The molecular formula is C14H25N3O. The third kappa shape index (κ3) is 6.10. The van der Waals surface area contributed by atoms with E-state index in [1.165, 1.54) is 5.56 Å². The lowest BCUT2D eigenvalue weighted by molar-refractivity contribution is 0.144. The molecule has 1 atom stereocenters. The van der Waals surface area contributed by atoms with Crippen molar-refractivity contribution in [2.24, 2.45) is 0 Å². The molecule has 0 fully saturated rings. The molecule has 0 saturated heterocycles. The maximum Gasteiger partial charge on any atom is 0.0628 e. The van der Waals surface area contributed by atoms with Crippen LogP contribution in [-0.2, 0) is 11.3 Å². The molecule has 0 radical (unpaired) electrons. The highest BCUT2D eigenvalue weighted by Gasteiger charge is 2.10. The first kappa shape index (κ1) is 15.1. The van der Waals surface area contributed by atoms with Crippen LogP contribution < -0.4 is 5.32 Å². The fourth-order valence-corrected chi connectivity index (χ4v) is 1.97. The van der Waals surface area contributed by atoms with Gasteiger partial charge in [-0.1, -0.05) is 6.92 Å². The van der Waals surface area contributed by atoms with E-state index in [2.05, 4.69) is 41.3 Å². The van der Waals surface area contributed by atoms with Crippen LogP contribution in [0.5, 0.6) is 0 Å². The van der Waals surface area contributed by atoms with Crippen LogP contribution in [-0.4, -0.2) is 49.8 Å². The Balaban J connectivity index is 2.37. The van der Waals surface area contributed by atoms with Gasteiger partial charge in [-0.05, 0) is 37.7 Å². The normalized spacial score (nSPS) is 12.9. The summed E-state index contributed by atoms with van der Waals surface area (Å²) >= 11 is 0. The van der Waals surface area contributed by atoms with Gasteiger partial charge in [-0.3, -0.25) is 4.98 Å². The van der Waals surface area contributed by atoms with Gasteiger partial charge in [0, 0.05) is 38.6 Å². The molecule has 0 amide bonds. The van der Waals surface area contributed by atoms with E-state index in [-0.39, 0.29) is 0 Å². The molecular weight excluding hydrogens is 226 g/mol. The predicted octanol–water partition coefficient (Wildman–Crippen LogP) is 1.53. The maximum absolute atomic E-state index is 5.25. The smallest absolute Gasteiger partial charge is 0.0628 e. The highest BCUT2D eigenvalue weighted by atomic mass is 16.5. The average Bonchev–Trinajstić information content (AvgIpc) is 2.37. The number of hydrogen-bond acceptors (Lipinski definition) is 4. The van der Waals surface area contributed by atoms with Crippen LogP contribution in [0.3, 0.4) is 0 Å². The summed E-state index contributed by atoms with van der Waals surface area (Å²) in [5, 5.41) is 3.51. The van der Waals surface area contributed by atoms with Crippen LogP contribution in [0.1, 0.15) is 18.9 Å². The number of likely N-dealkylation sites (N-methyl/N-ethyl adjacent to an activating group) is 1. The molecule has 0 saturated carbocycles. The van der Waals surface area contributed by atoms with Gasteiger partial charge in [0.2, 0.25) is 0 Å². The second-order valence-electron chi connectivity index (χ2n) is 4.66. The molecule has 0 aromatic carbocycles. The Kier molecular flexibility index (Phi) is 7.57. The summed E-state index contributed by atoms with van der Waals surface area (Å²) in [6, 6.07) is 4.50. The molecule has 1 rings (SSSR count). The van der Waals surface area contributed by atoms with E-state index >= 15 is 0 Å². The molecule has 1 aromatic heterocycles. The highest BCUT2D eigenvalue weighted by molar-refractivity contribution is 5.09. The number of aromatic nitrogens is 1. The summed E-state index contributed by atoms with van der Waals surface area (Å²) in [4.78, 5) is 6.34. The van der Waals surface area contributed by atoms with Crippen molar-refractivity contribution in [2.45, 2.75) is 25.9 Å². The number of rotatable bonds is 9. The number of ether oxygens (including phenoxy) is 1. The quantitative estimate of drug-likeness (QED) is 0.722. The molecule has 0 aliphatic carbocycles. The molecule has 1 heterocycles. The van der Waals surface area contributed by atoms with Crippen molar-refractivity contribution in [3.05, 3.63) is 30.1 Å². The molecule has 0 aliphatic heterocycles. The maximum atomic E-state index is 5.25. The van der Waals surface area contributed by atoms with E-state index in [1.54, 1.807) is 7.11 Å². The fraction of sp³-hybridized carbons (Fsp3) is 0.643. The van der Waals surface area contributed by atoms with E-state index in [4.69, 9.17) is 4.74 Å². The first-order valence-corrected chi connectivity index (χ1v) is 6.56. The molecule has 1 N–H and O–H groups in total. The van der Waals surface area contributed by atoms with E-state index in [9.17, 15) is 0 Å². The Morgan fingerprint density at radius 3 is 2.72 bits per heavy atom. The van der Waals surface area contributed by atoms with Crippen molar-refractivity contribution in [1.29, 1.82) is 0 Å². The number of nitrogens with one attached hydrogen (secondary N) is 1. The van der Waals surface area contributed by atoms with E-state index < -0.39 is 0 Å². The summed E-state index contributed by atoms with van der Waals surface area (Å²) in [6.45, 7) is 5.89. The largest absolute Gasteiger partial charge is 0.383 e. The molecule has 102 valence electrons. The van der Waals surface area contributed by atoms with Crippen molar-refractivity contribution in [2.75, 3.05) is 33.9 Å². The van der Waals surface area contributed by atoms with Gasteiger partial charge in [-0.25, -0.2) is 0 Å². The number of pyridine rings is 1. The summed E-state index contributed by atoms with van der Waals surface area (Å²) < 4.78 is 5.25. The second kappa shape index (κ2) is 9.03. The summed E-state index contributed by atoms with van der Waals surface area (Å²) in [6.07, 6.45) is 4.82. The zero-order valence-electron chi connectivity index (χ0n) is 11.7. The van der Waals surface area contributed by atoms with Gasteiger partial charge in [0.15, 0.2) is 0 Å². The van der Waals surface area contributed by atoms with Crippen LogP contribution in [0.15, 0.2) is 24.5 Å². The molecule has 18 heavy (non-hydrogen) atoms. The van der Waals surface area contributed by atoms with Gasteiger partial charge >= 0.3 is 0 Å². The van der Waals surface area contributed by atoms with Gasteiger partial charge in [-0.2, -0.15) is 0 Å². The van der Waals surface area contributed by atoms with Crippen LogP contribution in [0.25, 0.3) is 0 Å². The average molecular weight is 251 g/mol. The fourth-order valence-electron chi connectivity index (χ4n) is 1.97. The van der Waals surface area contributed by atoms with Gasteiger partial charge in [0.05, 0.1) is 6.61 Å². The summed E-state index contributed by atoms with van der Waals surface area (Å²) in [7, 11) is 3.89. The lowest BCUT2D eigenvalue weighted by Crippen LogP contribution is -2.42. The third-order valence-corrected chi connectivity index (χ3v) is 2.78. The van der Waals surface area contributed by atoms with Crippen LogP contribution in [0.4, 0.5) is 0 Å². The topological polar surface area (TPSA) is 37.4 Å². The molecule has 0 aliphatic rings. The Bertz CT molecular complexity index is 305. The zero-order chi connectivity index (χ0) is 13.2. The van der Waals surface area contributed by atoms with Crippen molar-refractivity contribution >= 4 is 0 Å². The standard InChI is InChI=1S/C14H25N3O/c1-4-7-16-14(12-18-3)11-17(2)10-13-5-8-15-9-6-13/h5-6,8-9,14,16H,4,7,10-12H2,1-3H3. The first-order valence-electron chi connectivity index (χ1n) is 6.56. The molecule has 4 nitrogen and oxygen atoms in total. The Hall–Kier alpha value is -0.970. The lowest BCUT2D eigenvalue weighted by atomic mass is 10.2. The van der Waals surface area contributed by atoms with E-state index in [0.29, 0.717) is 6.04 Å². The molecule has 1 aromatic rings. The minimum absolute atomic E-state index is 0.391. The Labute approximate surface area is 110 Å². The molecule has 1 unspecified atom stereocenters. The number of nitrogens with zero attached hydrogens (tertiary/aromatic N) is 2. The molecule has 0 bridgehead atoms.